The van der Waals surface area contributed by atoms with Crippen LogP contribution in [0.1, 0.15) is 32.6 Å². The number of quaternary nitrogens is 1. The van der Waals surface area contributed by atoms with E-state index in [0.717, 1.165) is 31.3 Å². The largest absolute Gasteiger partial charge is 0.360 e. The van der Waals surface area contributed by atoms with Gasteiger partial charge in [-0.2, -0.15) is 0 Å². The lowest BCUT2D eigenvalue weighted by atomic mass is 9.86. The fourth-order valence-corrected chi connectivity index (χ4v) is 4.48. The Morgan fingerprint density at radius 2 is 1.96 bits per heavy atom. The van der Waals surface area contributed by atoms with Crippen molar-refractivity contribution in [1.29, 1.82) is 0 Å². The third-order valence-corrected chi connectivity index (χ3v) is 6.44. The normalized spacial score (nSPS) is 23.7. The first-order chi connectivity index (χ1) is 13.0. The molecule has 2 fully saturated rings. The molecule has 1 amide bonds. The molecule has 0 radical (unpaired) electrons. The van der Waals surface area contributed by atoms with Gasteiger partial charge in [-0.15, -0.1) is 0 Å². The van der Waals surface area contributed by atoms with Crippen molar-refractivity contribution in [2.45, 2.75) is 38.6 Å². The first-order valence-electron chi connectivity index (χ1n) is 9.96. The number of para-hydroxylation sites is 1. The average Bonchev–Trinajstić information content (AvgIpc) is 2.66. The molecule has 1 saturated heterocycles. The number of piperazine rings is 1. The van der Waals surface area contributed by atoms with Gasteiger partial charge in [-0.05, 0) is 43.1 Å². The van der Waals surface area contributed by atoms with E-state index < -0.39 is 0 Å². The Labute approximate surface area is 172 Å². The highest BCUT2D eigenvalue weighted by Crippen LogP contribution is 2.24. The number of hydrogen-bond acceptors (Lipinski definition) is 2. The van der Waals surface area contributed by atoms with Crippen LogP contribution in [0, 0.1) is 5.92 Å². The molecule has 5 nitrogen and oxygen atoms in total. The minimum absolute atomic E-state index is 0.00304. The Morgan fingerprint density at radius 1 is 1.26 bits per heavy atom. The summed E-state index contributed by atoms with van der Waals surface area (Å²) in [5, 5.41) is 7.95. The predicted molar refractivity (Wildman–Crippen MR) is 114 cm³/mol. The van der Waals surface area contributed by atoms with E-state index in [0.29, 0.717) is 29.2 Å². The van der Waals surface area contributed by atoms with Crippen molar-refractivity contribution >= 4 is 40.5 Å². The molecule has 148 valence electrons. The van der Waals surface area contributed by atoms with Crippen molar-refractivity contribution in [3.63, 3.8) is 0 Å². The predicted octanol–water partition coefficient (Wildman–Crippen LogP) is 1.93. The number of halogens is 1. The molecule has 2 aliphatic rings. The lowest BCUT2D eigenvalue weighted by molar-refractivity contribution is -0.895. The molecule has 1 aromatic carbocycles. The summed E-state index contributed by atoms with van der Waals surface area (Å²) >= 11 is 11.8. The maximum absolute atomic E-state index is 12.3. The Hall–Kier alpha value is -1.37. The first kappa shape index (κ1) is 20.4. The number of nitrogens with one attached hydrogen (secondary N) is 3. The second-order valence-corrected chi connectivity index (χ2v) is 8.55. The fraction of sp³-hybridized carbons (Fsp3) is 0.600. The van der Waals surface area contributed by atoms with E-state index in [4.69, 9.17) is 23.8 Å². The number of carbonyl (C=O) groups is 1. The number of rotatable bonds is 4. The van der Waals surface area contributed by atoms with E-state index in [1.165, 1.54) is 30.6 Å². The van der Waals surface area contributed by atoms with Crippen molar-refractivity contribution < 1.29 is 9.69 Å². The van der Waals surface area contributed by atoms with Crippen LogP contribution < -0.4 is 15.5 Å². The van der Waals surface area contributed by atoms with Gasteiger partial charge in [0.25, 0.3) is 5.91 Å². The summed E-state index contributed by atoms with van der Waals surface area (Å²) in [6, 6.07) is 7.84. The molecule has 1 aliphatic heterocycles. The quantitative estimate of drug-likeness (QED) is 0.665. The van der Waals surface area contributed by atoms with Gasteiger partial charge in [0.15, 0.2) is 11.7 Å². The second kappa shape index (κ2) is 9.71. The highest BCUT2D eigenvalue weighted by atomic mass is 35.5. The second-order valence-electron chi connectivity index (χ2n) is 7.76. The molecule has 1 aromatic rings. The molecule has 1 heterocycles. The molecule has 1 aliphatic carbocycles. The fourth-order valence-electron chi connectivity index (χ4n) is 3.97. The van der Waals surface area contributed by atoms with Gasteiger partial charge in [0, 0.05) is 6.04 Å². The number of anilines is 1. The summed E-state index contributed by atoms with van der Waals surface area (Å²) in [5.74, 6) is 0.695. The molecular formula is C20H30ClN4OS+. The standard InChI is InChI=1S/C20H29ClN4OS/c1-15-6-2-4-8-17(15)23-20(27)25-12-10-24(11-13-25)14-19(26)22-18-9-5-3-7-16(18)21/h3,5,7,9,15,17H,2,4,6,8,10-14H2,1H3,(H,22,26)(H,23,27)/p+1/t15-,17+/m0/s1. The molecule has 27 heavy (non-hydrogen) atoms. The van der Waals surface area contributed by atoms with Gasteiger partial charge < -0.3 is 20.4 Å². The van der Waals surface area contributed by atoms with Crippen LogP contribution in [0.25, 0.3) is 0 Å². The molecule has 3 N–H and O–H groups in total. The summed E-state index contributed by atoms with van der Waals surface area (Å²) in [4.78, 5) is 15.8. The third-order valence-electron chi connectivity index (χ3n) is 5.74. The molecule has 2 atom stereocenters. The van der Waals surface area contributed by atoms with Crippen LogP contribution in [0.5, 0.6) is 0 Å². The third kappa shape index (κ3) is 5.80. The minimum Gasteiger partial charge on any atom is -0.360 e. The highest BCUT2D eigenvalue weighted by molar-refractivity contribution is 7.80. The lowest BCUT2D eigenvalue weighted by Gasteiger charge is -2.37. The molecule has 0 bridgehead atoms. The van der Waals surface area contributed by atoms with Gasteiger partial charge in [-0.25, -0.2) is 0 Å². The number of carbonyl (C=O) groups excluding carboxylic acids is 1. The first-order valence-corrected chi connectivity index (χ1v) is 10.7. The average molecular weight is 410 g/mol. The number of benzene rings is 1. The van der Waals surface area contributed by atoms with Crippen LogP contribution in [0.3, 0.4) is 0 Å². The molecular weight excluding hydrogens is 380 g/mol. The molecule has 1 saturated carbocycles. The van der Waals surface area contributed by atoms with E-state index in [2.05, 4.69) is 22.5 Å². The zero-order valence-electron chi connectivity index (χ0n) is 16.0. The summed E-state index contributed by atoms with van der Waals surface area (Å²) < 4.78 is 0. The van der Waals surface area contributed by atoms with Gasteiger partial charge in [0.1, 0.15) is 0 Å². The summed E-state index contributed by atoms with van der Waals surface area (Å²) in [6.45, 7) is 6.39. The van der Waals surface area contributed by atoms with E-state index in [-0.39, 0.29) is 5.91 Å². The van der Waals surface area contributed by atoms with Gasteiger partial charge in [0.05, 0.1) is 36.9 Å². The van der Waals surface area contributed by atoms with Gasteiger partial charge >= 0.3 is 0 Å². The van der Waals surface area contributed by atoms with E-state index in [1.807, 2.05) is 18.2 Å². The maximum Gasteiger partial charge on any atom is 0.279 e. The SMILES string of the molecule is C[C@H]1CCCC[C@H]1NC(=S)N1CC[NH+](CC(=O)Nc2ccccc2Cl)CC1. The number of thiocarbonyl (C=S) groups is 1. The lowest BCUT2D eigenvalue weighted by Crippen LogP contribution is -3.15. The number of amides is 1. The maximum atomic E-state index is 12.3. The molecule has 0 unspecified atom stereocenters. The molecule has 7 heteroatoms. The smallest absolute Gasteiger partial charge is 0.279 e. The highest BCUT2D eigenvalue weighted by Gasteiger charge is 2.27. The summed E-state index contributed by atoms with van der Waals surface area (Å²) in [7, 11) is 0. The number of hydrogen-bond donors (Lipinski definition) is 3. The molecule has 0 aromatic heterocycles. The van der Waals surface area contributed by atoms with Gasteiger partial charge in [0.2, 0.25) is 0 Å². The van der Waals surface area contributed by atoms with Crippen LogP contribution in [0.15, 0.2) is 24.3 Å². The van der Waals surface area contributed by atoms with E-state index in [1.54, 1.807) is 6.07 Å². The zero-order valence-corrected chi connectivity index (χ0v) is 17.5. The van der Waals surface area contributed by atoms with E-state index >= 15 is 0 Å². The van der Waals surface area contributed by atoms with Gasteiger partial charge in [-0.3, -0.25) is 4.79 Å². The topological polar surface area (TPSA) is 48.8 Å². The van der Waals surface area contributed by atoms with E-state index in [9.17, 15) is 4.79 Å². The Morgan fingerprint density at radius 3 is 2.67 bits per heavy atom. The molecule has 3 rings (SSSR count). The van der Waals surface area contributed by atoms with Crippen molar-refractivity contribution in [3.8, 4) is 0 Å². The monoisotopic (exact) mass is 409 g/mol. The van der Waals surface area contributed by atoms with Crippen LogP contribution in [-0.4, -0.2) is 54.7 Å². The Bertz CT molecular complexity index is 663. The van der Waals surface area contributed by atoms with Crippen LogP contribution >= 0.6 is 23.8 Å². The summed E-state index contributed by atoms with van der Waals surface area (Å²) in [6.07, 6.45) is 5.14. The summed E-state index contributed by atoms with van der Waals surface area (Å²) in [5.41, 5.74) is 0.675. The Kier molecular flexibility index (Phi) is 7.33. The number of nitrogens with zero attached hydrogens (tertiary/aromatic N) is 1. The van der Waals surface area contributed by atoms with Crippen molar-refractivity contribution in [3.05, 3.63) is 29.3 Å². The van der Waals surface area contributed by atoms with Crippen molar-refractivity contribution in [2.24, 2.45) is 5.92 Å². The van der Waals surface area contributed by atoms with Crippen molar-refractivity contribution in [1.82, 2.24) is 10.2 Å². The Balaban J connectivity index is 1.41. The minimum atomic E-state index is 0.00304. The van der Waals surface area contributed by atoms with Gasteiger partial charge in [-0.1, -0.05) is 43.5 Å². The molecule has 0 spiro atoms. The van der Waals surface area contributed by atoms with Crippen LogP contribution in [0.2, 0.25) is 5.02 Å². The van der Waals surface area contributed by atoms with Crippen LogP contribution in [-0.2, 0) is 4.79 Å². The van der Waals surface area contributed by atoms with Crippen LogP contribution in [0.4, 0.5) is 5.69 Å². The zero-order chi connectivity index (χ0) is 19.2. The van der Waals surface area contributed by atoms with Crippen molar-refractivity contribution in [2.75, 3.05) is 38.0 Å².